The number of rotatable bonds is 5. The summed E-state index contributed by atoms with van der Waals surface area (Å²) in [4.78, 5) is 8.42. The Labute approximate surface area is 113 Å². The van der Waals surface area contributed by atoms with Crippen LogP contribution < -0.4 is 11.1 Å². The van der Waals surface area contributed by atoms with Crippen molar-refractivity contribution in [3.8, 4) is 0 Å². The molecule has 100 valence electrons. The van der Waals surface area contributed by atoms with E-state index in [4.69, 9.17) is 5.73 Å². The zero-order chi connectivity index (χ0) is 13.0. The molecule has 1 atom stereocenters. The topological polar surface area (TPSA) is 63.8 Å². The van der Waals surface area contributed by atoms with E-state index < -0.39 is 0 Å². The number of aromatic nitrogens is 2. The molecule has 4 nitrogen and oxygen atoms in total. The molecule has 2 heterocycles. The fourth-order valence-electron chi connectivity index (χ4n) is 2.32. The van der Waals surface area contributed by atoms with Gasteiger partial charge < -0.3 is 11.1 Å². The van der Waals surface area contributed by atoms with Crippen LogP contribution in [0.25, 0.3) is 0 Å². The van der Waals surface area contributed by atoms with Crippen LogP contribution in [0.5, 0.6) is 0 Å². The first kappa shape index (κ1) is 13.5. The molecule has 18 heavy (non-hydrogen) atoms. The molecule has 1 unspecified atom stereocenters. The van der Waals surface area contributed by atoms with Crippen molar-refractivity contribution in [3.05, 3.63) is 11.9 Å². The van der Waals surface area contributed by atoms with E-state index in [9.17, 15) is 0 Å². The molecular weight excluding hydrogens is 244 g/mol. The predicted octanol–water partition coefficient (Wildman–Crippen LogP) is 2.71. The van der Waals surface area contributed by atoms with Crippen LogP contribution in [0, 0.1) is 0 Å². The molecule has 1 fully saturated rings. The van der Waals surface area contributed by atoms with Gasteiger partial charge in [-0.1, -0.05) is 13.3 Å². The van der Waals surface area contributed by atoms with Crippen LogP contribution >= 0.6 is 11.8 Å². The molecule has 2 rings (SSSR count). The van der Waals surface area contributed by atoms with Crippen molar-refractivity contribution >= 4 is 23.4 Å². The molecule has 3 N–H and O–H groups in total. The summed E-state index contributed by atoms with van der Waals surface area (Å²) in [6.45, 7) is 5.41. The minimum absolute atomic E-state index is 0.337. The Kier molecular flexibility index (Phi) is 4.32. The van der Waals surface area contributed by atoms with E-state index in [2.05, 4.69) is 40.9 Å². The van der Waals surface area contributed by atoms with Gasteiger partial charge in [0.25, 0.3) is 0 Å². The molecule has 1 aromatic heterocycles. The minimum atomic E-state index is 0.337. The van der Waals surface area contributed by atoms with Crippen LogP contribution in [0.15, 0.2) is 6.33 Å². The first-order valence-electron chi connectivity index (χ1n) is 6.62. The van der Waals surface area contributed by atoms with E-state index in [1.807, 2.05) is 0 Å². The van der Waals surface area contributed by atoms with Crippen molar-refractivity contribution in [2.24, 2.45) is 0 Å². The van der Waals surface area contributed by atoms with Crippen molar-refractivity contribution < 1.29 is 0 Å². The van der Waals surface area contributed by atoms with Crippen molar-refractivity contribution in [3.63, 3.8) is 0 Å². The Bertz CT molecular complexity index is 402. The lowest BCUT2D eigenvalue weighted by molar-refractivity contribution is 0.633. The molecule has 0 radical (unpaired) electrons. The zero-order valence-corrected chi connectivity index (χ0v) is 12.0. The Hall–Kier alpha value is -0.970. The average molecular weight is 266 g/mol. The van der Waals surface area contributed by atoms with Crippen molar-refractivity contribution in [1.29, 1.82) is 0 Å². The predicted molar refractivity (Wildman–Crippen MR) is 79.0 cm³/mol. The molecule has 0 amide bonds. The second kappa shape index (κ2) is 5.78. The third-order valence-electron chi connectivity index (χ3n) is 3.41. The summed E-state index contributed by atoms with van der Waals surface area (Å²) in [6, 6.07) is 0. The van der Waals surface area contributed by atoms with Gasteiger partial charge in [-0.2, -0.15) is 11.8 Å². The molecule has 1 aromatic rings. The first-order valence-corrected chi connectivity index (χ1v) is 7.60. The van der Waals surface area contributed by atoms with E-state index in [1.165, 1.54) is 18.6 Å². The van der Waals surface area contributed by atoms with Gasteiger partial charge in [-0.25, -0.2) is 9.97 Å². The Balaban J connectivity index is 2.06. The SMILES string of the molecule is CCCc1c(N)ncnc1NCC1(C)CCCS1. The molecule has 1 saturated heterocycles. The maximum absolute atomic E-state index is 5.93. The molecule has 0 aromatic carbocycles. The van der Waals surface area contributed by atoms with Crippen LogP contribution in [0.1, 0.15) is 38.7 Å². The van der Waals surface area contributed by atoms with E-state index >= 15 is 0 Å². The second-order valence-electron chi connectivity index (χ2n) is 5.09. The van der Waals surface area contributed by atoms with Gasteiger partial charge in [0.1, 0.15) is 18.0 Å². The van der Waals surface area contributed by atoms with Gasteiger partial charge in [-0.05, 0) is 31.9 Å². The molecular formula is C13H22N4S. The smallest absolute Gasteiger partial charge is 0.134 e. The van der Waals surface area contributed by atoms with Gasteiger partial charge in [0, 0.05) is 16.9 Å². The molecule has 5 heteroatoms. The van der Waals surface area contributed by atoms with Crippen molar-refractivity contribution in [2.75, 3.05) is 23.3 Å². The van der Waals surface area contributed by atoms with Gasteiger partial charge in [0.2, 0.25) is 0 Å². The van der Waals surface area contributed by atoms with Crippen molar-refractivity contribution in [1.82, 2.24) is 9.97 Å². The van der Waals surface area contributed by atoms with E-state index in [0.29, 0.717) is 10.6 Å². The number of nitrogen functional groups attached to an aromatic ring is 1. The molecule has 0 spiro atoms. The Morgan fingerprint density at radius 2 is 2.33 bits per heavy atom. The maximum atomic E-state index is 5.93. The monoisotopic (exact) mass is 266 g/mol. The number of hydrogen-bond donors (Lipinski definition) is 2. The maximum Gasteiger partial charge on any atom is 0.134 e. The van der Waals surface area contributed by atoms with Crippen molar-refractivity contribution in [2.45, 2.75) is 44.3 Å². The third kappa shape index (κ3) is 3.07. The highest BCUT2D eigenvalue weighted by atomic mass is 32.2. The fourth-order valence-corrected chi connectivity index (χ4v) is 3.57. The van der Waals surface area contributed by atoms with E-state index in [1.54, 1.807) is 6.33 Å². The molecule has 0 bridgehead atoms. The normalized spacial score (nSPS) is 23.2. The highest BCUT2D eigenvalue weighted by molar-refractivity contribution is 8.00. The van der Waals surface area contributed by atoms with Crippen LogP contribution in [0.2, 0.25) is 0 Å². The van der Waals surface area contributed by atoms with E-state index in [0.717, 1.165) is 30.8 Å². The second-order valence-corrected chi connectivity index (χ2v) is 6.77. The highest BCUT2D eigenvalue weighted by Crippen LogP contribution is 2.37. The molecule has 0 saturated carbocycles. The first-order chi connectivity index (χ1) is 8.64. The lowest BCUT2D eigenvalue weighted by atomic mass is 10.1. The van der Waals surface area contributed by atoms with Gasteiger partial charge >= 0.3 is 0 Å². The van der Waals surface area contributed by atoms with Crippen LogP contribution in [-0.2, 0) is 6.42 Å². The van der Waals surface area contributed by atoms with Gasteiger partial charge in [-0.3, -0.25) is 0 Å². The summed E-state index contributed by atoms with van der Waals surface area (Å²) in [5.74, 6) is 2.79. The molecule has 1 aliphatic heterocycles. The Morgan fingerprint density at radius 3 is 3.00 bits per heavy atom. The van der Waals surface area contributed by atoms with Crippen LogP contribution in [-0.4, -0.2) is 27.0 Å². The third-order valence-corrected chi connectivity index (χ3v) is 4.95. The Morgan fingerprint density at radius 1 is 1.50 bits per heavy atom. The number of thioether (sulfide) groups is 1. The van der Waals surface area contributed by atoms with Crippen LogP contribution in [0.4, 0.5) is 11.6 Å². The fraction of sp³-hybridized carbons (Fsp3) is 0.692. The highest BCUT2D eigenvalue weighted by Gasteiger charge is 2.29. The zero-order valence-electron chi connectivity index (χ0n) is 11.2. The van der Waals surface area contributed by atoms with E-state index in [-0.39, 0.29) is 0 Å². The summed E-state index contributed by atoms with van der Waals surface area (Å²) >= 11 is 2.05. The average Bonchev–Trinajstić information content (AvgIpc) is 2.78. The minimum Gasteiger partial charge on any atom is -0.383 e. The lowest BCUT2D eigenvalue weighted by Gasteiger charge is -2.24. The van der Waals surface area contributed by atoms with Gasteiger partial charge in [-0.15, -0.1) is 0 Å². The summed E-state index contributed by atoms with van der Waals surface area (Å²) in [6.07, 6.45) is 6.11. The van der Waals surface area contributed by atoms with Gasteiger partial charge in [0.05, 0.1) is 0 Å². The number of anilines is 2. The lowest BCUT2D eigenvalue weighted by Crippen LogP contribution is -2.28. The number of nitrogens with one attached hydrogen (secondary N) is 1. The number of hydrogen-bond acceptors (Lipinski definition) is 5. The summed E-state index contributed by atoms with van der Waals surface area (Å²) in [5, 5.41) is 3.47. The quantitative estimate of drug-likeness (QED) is 0.858. The standard InChI is InChI=1S/C13H22N4S/c1-3-5-10-11(14)16-9-17-12(10)15-8-13(2)6-4-7-18-13/h9H,3-8H2,1-2H3,(H3,14,15,16,17). The summed E-state index contributed by atoms with van der Waals surface area (Å²) in [5.41, 5.74) is 6.99. The summed E-state index contributed by atoms with van der Waals surface area (Å²) < 4.78 is 0.337. The number of nitrogens with two attached hydrogens (primary N) is 1. The van der Waals surface area contributed by atoms with Gasteiger partial charge in [0.15, 0.2) is 0 Å². The summed E-state index contributed by atoms with van der Waals surface area (Å²) in [7, 11) is 0. The number of nitrogens with zero attached hydrogens (tertiary/aromatic N) is 2. The largest absolute Gasteiger partial charge is 0.383 e. The van der Waals surface area contributed by atoms with Crippen LogP contribution in [0.3, 0.4) is 0 Å². The molecule has 1 aliphatic rings. The molecule has 0 aliphatic carbocycles.